The number of carbonyl (C=O) groups is 6. The maximum absolute atomic E-state index is 13.7. The molecule has 0 radical (unpaired) electrons. The van der Waals surface area contributed by atoms with Gasteiger partial charge in [-0.15, -0.1) is 0 Å². The molecule has 0 spiro atoms. The van der Waals surface area contributed by atoms with E-state index in [-0.39, 0.29) is 43.9 Å². The summed E-state index contributed by atoms with van der Waals surface area (Å²) < 4.78 is 10.5. The van der Waals surface area contributed by atoms with Crippen molar-refractivity contribution in [3.05, 3.63) is 65.7 Å². The number of amides is 2. The molecule has 3 rings (SSSR count). The largest absolute Gasteiger partial charge is 0.481 e. The number of ether oxygens (including phenoxy) is 2. The molecule has 11 nitrogen and oxygen atoms in total. The van der Waals surface area contributed by atoms with Crippen molar-refractivity contribution < 1.29 is 48.5 Å². The fraction of sp³-hybridized carbons (Fsp3) is 0.471. The monoisotopic (exact) mass is 623 g/mol. The van der Waals surface area contributed by atoms with E-state index in [9.17, 15) is 39.0 Å². The summed E-state index contributed by atoms with van der Waals surface area (Å²) in [7, 11) is 0. The van der Waals surface area contributed by atoms with E-state index in [0.717, 1.165) is 11.3 Å². The van der Waals surface area contributed by atoms with E-state index in [1.165, 1.54) is 31.2 Å². The van der Waals surface area contributed by atoms with Gasteiger partial charge < -0.3 is 19.7 Å². The Morgan fingerprint density at radius 1 is 0.844 bits per heavy atom. The van der Waals surface area contributed by atoms with Gasteiger partial charge in [0.25, 0.3) is 0 Å². The van der Waals surface area contributed by atoms with Crippen molar-refractivity contribution in [2.75, 3.05) is 24.7 Å². The average Bonchev–Trinajstić information content (AvgIpc) is 3.25. The van der Waals surface area contributed by atoms with Gasteiger partial charge in [0.15, 0.2) is 5.78 Å². The first kappa shape index (κ1) is 35.1. The van der Waals surface area contributed by atoms with Gasteiger partial charge in [0.2, 0.25) is 11.8 Å². The number of anilines is 1. The van der Waals surface area contributed by atoms with Gasteiger partial charge in [-0.3, -0.25) is 33.7 Å². The zero-order valence-electron chi connectivity index (χ0n) is 25.8. The van der Waals surface area contributed by atoms with Crippen LogP contribution < -0.4 is 4.90 Å². The van der Waals surface area contributed by atoms with Crippen molar-refractivity contribution in [1.29, 1.82) is 0 Å². The summed E-state index contributed by atoms with van der Waals surface area (Å²) in [4.78, 5) is 78.6. The topological polar surface area (TPSA) is 165 Å². The first-order chi connectivity index (χ1) is 21.5. The first-order valence-corrected chi connectivity index (χ1v) is 15.2. The number of esters is 2. The third-order valence-electron chi connectivity index (χ3n) is 8.09. The van der Waals surface area contributed by atoms with E-state index in [4.69, 9.17) is 9.47 Å². The fourth-order valence-corrected chi connectivity index (χ4v) is 5.40. The van der Waals surface area contributed by atoms with Crippen LogP contribution in [0.4, 0.5) is 5.69 Å². The third-order valence-corrected chi connectivity index (χ3v) is 8.09. The second kappa shape index (κ2) is 16.6. The molecule has 45 heavy (non-hydrogen) atoms. The van der Waals surface area contributed by atoms with Crippen LogP contribution in [0, 0.1) is 29.6 Å². The highest BCUT2D eigenvalue weighted by Gasteiger charge is 2.48. The highest BCUT2D eigenvalue weighted by Crippen LogP contribution is 2.37. The zero-order valence-corrected chi connectivity index (χ0v) is 25.8. The number of carbonyl (C=O) groups excluding carboxylic acids is 5. The van der Waals surface area contributed by atoms with Crippen LogP contribution in [0.1, 0.15) is 68.8 Å². The standard InChI is InChI=1S/C34H41NO10/c1-4-5-16-44-33(42)25(18-21(2)32(40)41)19-26(34(43)45-17-15-36)20-28-22(3)30(38)35(31(28)39)27-13-11-24(12-14-27)29(37)23-9-7-6-8-10-23/h6-14,21-22,25-26,28,36H,4-5,15-20H2,1-3H3,(H,40,41). The van der Waals surface area contributed by atoms with E-state index in [2.05, 4.69) is 0 Å². The number of unbranched alkanes of at least 4 members (excludes halogenated alkanes) is 1. The Hall–Kier alpha value is -4.38. The van der Waals surface area contributed by atoms with E-state index in [1.807, 2.05) is 6.92 Å². The van der Waals surface area contributed by atoms with Crippen LogP contribution in [-0.2, 0) is 33.4 Å². The molecule has 2 aromatic rings. The molecule has 0 saturated carbocycles. The summed E-state index contributed by atoms with van der Waals surface area (Å²) in [5, 5.41) is 18.7. The Kier molecular flexibility index (Phi) is 13.0. The molecule has 5 unspecified atom stereocenters. The number of aliphatic hydroxyl groups is 1. The Morgan fingerprint density at radius 3 is 2.04 bits per heavy atom. The van der Waals surface area contributed by atoms with Crippen molar-refractivity contribution in [1.82, 2.24) is 0 Å². The number of nitrogens with zero attached hydrogens (tertiary/aromatic N) is 1. The minimum atomic E-state index is -1.11. The summed E-state index contributed by atoms with van der Waals surface area (Å²) in [6.07, 6.45) is 0.989. The maximum atomic E-state index is 13.7. The van der Waals surface area contributed by atoms with Gasteiger partial charge in [0.05, 0.1) is 42.6 Å². The smallest absolute Gasteiger partial charge is 0.309 e. The second-order valence-corrected chi connectivity index (χ2v) is 11.4. The van der Waals surface area contributed by atoms with E-state index < -0.39 is 65.9 Å². The first-order valence-electron chi connectivity index (χ1n) is 15.2. The number of hydrogen-bond acceptors (Lipinski definition) is 9. The molecule has 1 saturated heterocycles. The Morgan fingerprint density at radius 2 is 1.44 bits per heavy atom. The third kappa shape index (κ3) is 9.07. The summed E-state index contributed by atoms with van der Waals surface area (Å²) in [6, 6.07) is 14.8. The summed E-state index contributed by atoms with van der Waals surface area (Å²) >= 11 is 0. The van der Waals surface area contributed by atoms with Crippen molar-refractivity contribution in [3.8, 4) is 0 Å². The van der Waals surface area contributed by atoms with Gasteiger partial charge in [-0.2, -0.15) is 0 Å². The SMILES string of the molecule is CCCCOC(=O)C(CC(C)C(=O)O)CC(CC1C(=O)N(c2ccc(C(=O)c3ccccc3)cc2)C(=O)C1C)C(=O)OCCO. The number of benzene rings is 2. The van der Waals surface area contributed by atoms with E-state index in [0.29, 0.717) is 17.5 Å². The van der Waals surface area contributed by atoms with Crippen LogP contribution in [0.25, 0.3) is 0 Å². The Labute approximate surface area is 262 Å². The van der Waals surface area contributed by atoms with Crippen LogP contribution in [0.2, 0.25) is 0 Å². The van der Waals surface area contributed by atoms with Crippen molar-refractivity contribution in [2.45, 2.75) is 52.9 Å². The molecular weight excluding hydrogens is 582 g/mol. The van der Waals surface area contributed by atoms with Gasteiger partial charge in [-0.1, -0.05) is 57.5 Å². The molecule has 2 aromatic carbocycles. The molecule has 2 amide bonds. The van der Waals surface area contributed by atoms with Crippen LogP contribution in [0.5, 0.6) is 0 Å². The number of hydrogen-bond donors (Lipinski definition) is 2. The lowest BCUT2D eigenvalue weighted by Crippen LogP contribution is -2.33. The second-order valence-electron chi connectivity index (χ2n) is 11.4. The van der Waals surface area contributed by atoms with Gasteiger partial charge in [0, 0.05) is 17.0 Å². The number of carboxylic acids is 1. The number of aliphatic hydroxyl groups excluding tert-OH is 1. The van der Waals surface area contributed by atoms with Crippen molar-refractivity contribution >= 4 is 41.2 Å². The highest BCUT2D eigenvalue weighted by atomic mass is 16.5. The fourth-order valence-electron chi connectivity index (χ4n) is 5.40. The predicted octanol–water partition coefficient (Wildman–Crippen LogP) is 4.05. The predicted molar refractivity (Wildman–Crippen MR) is 163 cm³/mol. The number of aliphatic carboxylic acids is 1. The normalized spacial score (nSPS) is 18.3. The molecule has 1 aliphatic heterocycles. The van der Waals surface area contributed by atoms with Crippen LogP contribution >= 0.6 is 0 Å². The highest BCUT2D eigenvalue weighted by molar-refractivity contribution is 6.22. The summed E-state index contributed by atoms with van der Waals surface area (Å²) in [6.45, 7) is 4.35. The van der Waals surface area contributed by atoms with Gasteiger partial charge >= 0.3 is 17.9 Å². The molecule has 242 valence electrons. The summed E-state index contributed by atoms with van der Waals surface area (Å²) in [5.74, 6) is -8.48. The molecule has 11 heteroatoms. The van der Waals surface area contributed by atoms with Crippen LogP contribution in [-0.4, -0.2) is 65.5 Å². The molecule has 1 heterocycles. The van der Waals surface area contributed by atoms with E-state index >= 15 is 0 Å². The molecular formula is C34H41NO10. The van der Waals surface area contributed by atoms with Gasteiger partial charge in [-0.25, -0.2) is 0 Å². The quantitative estimate of drug-likeness (QED) is 0.114. The minimum absolute atomic E-state index is 0.0999. The number of rotatable bonds is 17. The molecule has 0 bridgehead atoms. The molecule has 1 fully saturated rings. The number of ketones is 1. The van der Waals surface area contributed by atoms with E-state index in [1.54, 1.807) is 37.3 Å². The van der Waals surface area contributed by atoms with Crippen molar-refractivity contribution in [3.63, 3.8) is 0 Å². The van der Waals surface area contributed by atoms with Gasteiger partial charge in [0.1, 0.15) is 6.61 Å². The molecule has 5 atom stereocenters. The molecule has 2 N–H and O–H groups in total. The minimum Gasteiger partial charge on any atom is -0.481 e. The van der Waals surface area contributed by atoms with Crippen molar-refractivity contribution in [2.24, 2.45) is 29.6 Å². The Bertz CT molecular complexity index is 1360. The average molecular weight is 624 g/mol. The molecule has 0 aliphatic carbocycles. The van der Waals surface area contributed by atoms with Crippen LogP contribution in [0.3, 0.4) is 0 Å². The molecule has 0 aromatic heterocycles. The number of imide groups is 1. The van der Waals surface area contributed by atoms with Gasteiger partial charge in [-0.05, 0) is 49.9 Å². The van der Waals surface area contributed by atoms with Crippen LogP contribution in [0.15, 0.2) is 54.6 Å². The number of carboxylic acid groups (broad SMARTS) is 1. The summed E-state index contributed by atoms with van der Waals surface area (Å²) in [5.41, 5.74) is 1.15. The lowest BCUT2D eigenvalue weighted by atomic mass is 9.80. The lowest BCUT2D eigenvalue weighted by molar-refractivity contribution is -0.155. The lowest BCUT2D eigenvalue weighted by Gasteiger charge is -2.25. The molecule has 1 aliphatic rings. The zero-order chi connectivity index (χ0) is 33.1. The Balaban J connectivity index is 1.84. The maximum Gasteiger partial charge on any atom is 0.309 e.